The quantitative estimate of drug-likeness (QED) is 0.924. The van der Waals surface area contributed by atoms with E-state index in [0.29, 0.717) is 13.0 Å². The van der Waals surface area contributed by atoms with E-state index in [4.69, 9.17) is 0 Å². The van der Waals surface area contributed by atoms with Gasteiger partial charge in [0.05, 0.1) is 6.54 Å². The Balaban J connectivity index is 1.80. The first-order valence-corrected chi connectivity index (χ1v) is 7.16. The van der Waals surface area contributed by atoms with E-state index in [9.17, 15) is 4.79 Å². The number of para-hydroxylation sites is 1. The molecule has 1 atom stereocenters. The summed E-state index contributed by atoms with van der Waals surface area (Å²) in [6.45, 7) is 3.50. The molecule has 1 N–H and O–H groups in total. The number of nitrogens with one attached hydrogen (secondary N) is 1. The summed E-state index contributed by atoms with van der Waals surface area (Å²) in [7, 11) is 1.82. The maximum atomic E-state index is 12.1. The Morgan fingerprint density at radius 2 is 2.19 bits per heavy atom. The zero-order valence-electron chi connectivity index (χ0n) is 12.3. The summed E-state index contributed by atoms with van der Waals surface area (Å²) in [6.07, 6.45) is 2.19. The van der Waals surface area contributed by atoms with E-state index in [1.165, 1.54) is 0 Å². The first-order valence-electron chi connectivity index (χ1n) is 7.16. The van der Waals surface area contributed by atoms with E-state index in [-0.39, 0.29) is 11.9 Å². The van der Waals surface area contributed by atoms with Crippen LogP contribution in [0.1, 0.15) is 30.8 Å². The summed E-state index contributed by atoms with van der Waals surface area (Å²) in [6, 6.07) is 8.03. The van der Waals surface area contributed by atoms with Gasteiger partial charge in [-0.3, -0.25) is 4.79 Å². The maximum Gasteiger partial charge on any atom is 0.228 e. The lowest BCUT2D eigenvalue weighted by molar-refractivity contribution is -0.119. The summed E-state index contributed by atoms with van der Waals surface area (Å²) in [5.41, 5.74) is 2.13. The molecular formula is C15H19N5O. The Bertz CT molecular complexity index is 651. The SMILES string of the molecule is CCn1cnnc1CNC1CC(=O)N(C)c2ccccc21. The second-order valence-corrected chi connectivity index (χ2v) is 5.18. The van der Waals surface area contributed by atoms with E-state index < -0.39 is 0 Å². The van der Waals surface area contributed by atoms with Crippen LogP contribution in [0.3, 0.4) is 0 Å². The number of nitrogens with zero attached hydrogens (tertiary/aromatic N) is 4. The van der Waals surface area contributed by atoms with Crippen molar-refractivity contribution in [1.29, 1.82) is 0 Å². The average Bonchev–Trinajstić information content (AvgIpc) is 2.97. The number of aryl methyl sites for hydroxylation is 1. The Kier molecular flexibility index (Phi) is 3.70. The maximum absolute atomic E-state index is 12.1. The number of amides is 1. The summed E-state index contributed by atoms with van der Waals surface area (Å²) in [4.78, 5) is 13.8. The van der Waals surface area contributed by atoms with Crippen LogP contribution in [0.2, 0.25) is 0 Å². The molecule has 6 nitrogen and oxygen atoms in total. The van der Waals surface area contributed by atoms with Gasteiger partial charge >= 0.3 is 0 Å². The minimum Gasteiger partial charge on any atom is -0.317 e. The van der Waals surface area contributed by atoms with Gasteiger partial charge in [-0.1, -0.05) is 18.2 Å². The van der Waals surface area contributed by atoms with Crippen molar-refractivity contribution in [3.05, 3.63) is 42.0 Å². The molecule has 1 aromatic heterocycles. The van der Waals surface area contributed by atoms with Crippen molar-refractivity contribution in [2.24, 2.45) is 0 Å². The summed E-state index contributed by atoms with van der Waals surface area (Å²) >= 11 is 0. The van der Waals surface area contributed by atoms with Crippen LogP contribution in [0.25, 0.3) is 0 Å². The fraction of sp³-hybridized carbons (Fsp3) is 0.400. The van der Waals surface area contributed by atoms with Crippen molar-refractivity contribution < 1.29 is 4.79 Å². The fourth-order valence-corrected chi connectivity index (χ4v) is 2.72. The fourth-order valence-electron chi connectivity index (χ4n) is 2.72. The lowest BCUT2D eigenvalue weighted by Gasteiger charge is -2.32. The first kappa shape index (κ1) is 13.8. The highest BCUT2D eigenvalue weighted by Gasteiger charge is 2.28. The molecule has 21 heavy (non-hydrogen) atoms. The van der Waals surface area contributed by atoms with Crippen LogP contribution in [0, 0.1) is 0 Å². The topological polar surface area (TPSA) is 63.1 Å². The Morgan fingerprint density at radius 3 is 3.00 bits per heavy atom. The van der Waals surface area contributed by atoms with Crippen LogP contribution in [0.4, 0.5) is 5.69 Å². The molecule has 6 heteroatoms. The van der Waals surface area contributed by atoms with Crippen molar-refractivity contribution in [1.82, 2.24) is 20.1 Å². The van der Waals surface area contributed by atoms with E-state index in [0.717, 1.165) is 23.6 Å². The first-order chi connectivity index (χ1) is 10.2. The molecule has 0 fully saturated rings. The number of hydrogen-bond donors (Lipinski definition) is 1. The molecule has 2 aromatic rings. The number of anilines is 1. The zero-order chi connectivity index (χ0) is 14.8. The second-order valence-electron chi connectivity index (χ2n) is 5.18. The van der Waals surface area contributed by atoms with Crippen LogP contribution >= 0.6 is 0 Å². The van der Waals surface area contributed by atoms with E-state index >= 15 is 0 Å². The van der Waals surface area contributed by atoms with Gasteiger partial charge in [0, 0.05) is 31.7 Å². The standard InChI is InChI=1S/C15H19N5O/c1-3-20-10-17-18-14(20)9-16-12-8-15(21)19(2)13-7-5-4-6-11(12)13/h4-7,10,12,16H,3,8-9H2,1-2H3. The second kappa shape index (κ2) is 5.65. The summed E-state index contributed by atoms with van der Waals surface area (Å²) in [5.74, 6) is 1.02. The highest BCUT2D eigenvalue weighted by atomic mass is 16.2. The Labute approximate surface area is 123 Å². The molecule has 0 spiro atoms. The van der Waals surface area contributed by atoms with Crippen molar-refractivity contribution >= 4 is 11.6 Å². The highest BCUT2D eigenvalue weighted by molar-refractivity contribution is 5.96. The number of fused-ring (bicyclic) bond motifs is 1. The Morgan fingerprint density at radius 1 is 1.38 bits per heavy atom. The van der Waals surface area contributed by atoms with Gasteiger partial charge in [-0.2, -0.15) is 0 Å². The van der Waals surface area contributed by atoms with Crippen molar-refractivity contribution in [2.75, 3.05) is 11.9 Å². The predicted molar refractivity (Wildman–Crippen MR) is 79.7 cm³/mol. The van der Waals surface area contributed by atoms with Crippen molar-refractivity contribution in [3.63, 3.8) is 0 Å². The minimum atomic E-state index is 0.0203. The summed E-state index contributed by atoms with van der Waals surface area (Å²) < 4.78 is 2.00. The molecule has 1 aliphatic heterocycles. The van der Waals surface area contributed by atoms with Gasteiger partial charge in [-0.25, -0.2) is 0 Å². The molecule has 0 saturated carbocycles. The minimum absolute atomic E-state index is 0.0203. The normalized spacial score (nSPS) is 17.9. The Hall–Kier alpha value is -2.21. The number of benzene rings is 1. The molecule has 110 valence electrons. The van der Waals surface area contributed by atoms with Gasteiger partial charge in [0.1, 0.15) is 12.2 Å². The number of carbonyl (C=O) groups is 1. The number of hydrogen-bond acceptors (Lipinski definition) is 4. The van der Waals surface area contributed by atoms with Gasteiger partial charge in [-0.05, 0) is 18.6 Å². The zero-order valence-corrected chi connectivity index (χ0v) is 12.3. The molecule has 1 amide bonds. The highest BCUT2D eigenvalue weighted by Crippen LogP contribution is 2.33. The van der Waals surface area contributed by atoms with Crippen LogP contribution < -0.4 is 10.2 Å². The third-order valence-electron chi connectivity index (χ3n) is 3.97. The lowest BCUT2D eigenvalue weighted by Crippen LogP contribution is -2.37. The lowest BCUT2D eigenvalue weighted by atomic mass is 9.96. The van der Waals surface area contributed by atoms with Crippen LogP contribution in [-0.2, 0) is 17.9 Å². The smallest absolute Gasteiger partial charge is 0.228 e. The number of aromatic nitrogens is 3. The summed E-state index contributed by atoms with van der Waals surface area (Å²) in [5, 5.41) is 11.5. The van der Waals surface area contributed by atoms with Crippen molar-refractivity contribution in [2.45, 2.75) is 32.5 Å². The van der Waals surface area contributed by atoms with Crippen LogP contribution in [-0.4, -0.2) is 27.7 Å². The van der Waals surface area contributed by atoms with Gasteiger partial charge in [0.2, 0.25) is 5.91 Å². The molecular weight excluding hydrogens is 266 g/mol. The molecule has 3 rings (SSSR count). The monoisotopic (exact) mass is 285 g/mol. The molecule has 0 radical (unpaired) electrons. The number of carbonyl (C=O) groups excluding carboxylic acids is 1. The molecule has 1 aromatic carbocycles. The largest absolute Gasteiger partial charge is 0.317 e. The van der Waals surface area contributed by atoms with E-state index in [2.05, 4.69) is 28.5 Å². The molecule has 1 aliphatic rings. The van der Waals surface area contributed by atoms with Gasteiger partial charge in [-0.15, -0.1) is 10.2 Å². The molecule has 0 aliphatic carbocycles. The number of rotatable bonds is 4. The van der Waals surface area contributed by atoms with Gasteiger partial charge < -0.3 is 14.8 Å². The molecule has 2 heterocycles. The van der Waals surface area contributed by atoms with E-state index in [1.807, 2.05) is 29.8 Å². The van der Waals surface area contributed by atoms with Gasteiger partial charge in [0.15, 0.2) is 0 Å². The van der Waals surface area contributed by atoms with Gasteiger partial charge in [0.25, 0.3) is 0 Å². The van der Waals surface area contributed by atoms with Crippen molar-refractivity contribution in [3.8, 4) is 0 Å². The third-order valence-corrected chi connectivity index (χ3v) is 3.97. The molecule has 0 saturated heterocycles. The molecule has 0 bridgehead atoms. The van der Waals surface area contributed by atoms with E-state index in [1.54, 1.807) is 11.2 Å². The van der Waals surface area contributed by atoms with Crippen LogP contribution in [0.15, 0.2) is 30.6 Å². The molecule has 1 unspecified atom stereocenters. The average molecular weight is 285 g/mol. The van der Waals surface area contributed by atoms with Crippen LogP contribution in [0.5, 0.6) is 0 Å². The predicted octanol–water partition coefficient (Wildman–Crippen LogP) is 1.50. The third kappa shape index (κ3) is 2.54.